The fourth-order valence-corrected chi connectivity index (χ4v) is 2.43. The Labute approximate surface area is 117 Å². The normalized spacial score (nSPS) is 13.1. The van der Waals surface area contributed by atoms with Crippen LogP contribution in [0.4, 0.5) is 5.69 Å². The van der Waals surface area contributed by atoms with Gasteiger partial charge in [-0.1, -0.05) is 4.49 Å². The van der Waals surface area contributed by atoms with Crippen molar-refractivity contribution in [2.24, 2.45) is 0 Å². The van der Waals surface area contributed by atoms with Crippen LogP contribution in [0.15, 0.2) is 18.2 Å². The minimum atomic E-state index is -0.461. The Kier molecular flexibility index (Phi) is 2.79. The van der Waals surface area contributed by atoms with Gasteiger partial charge in [0.1, 0.15) is 4.88 Å². The first kappa shape index (κ1) is 12.4. The van der Waals surface area contributed by atoms with Crippen molar-refractivity contribution < 1.29 is 14.4 Å². The van der Waals surface area contributed by atoms with Crippen LogP contribution in [-0.2, 0) is 0 Å². The molecule has 0 radical (unpaired) electrons. The molecule has 3 rings (SSSR count). The number of aromatic nitrogens is 2. The second-order valence-corrected chi connectivity index (χ2v) is 4.94. The summed E-state index contributed by atoms with van der Waals surface area (Å²) in [7, 11) is 0. The molecule has 1 aromatic heterocycles. The lowest BCUT2D eigenvalue weighted by Crippen LogP contribution is -2.19. The molecular formula is C12H8N4O3S. The predicted octanol–water partition coefficient (Wildman–Crippen LogP) is 0.982. The van der Waals surface area contributed by atoms with Crippen molar-refractivity contribution in [2.75, 3.05) is 5.32 Å². The average molecular weight is 288 g/mol. The predicted molar refractivity (Wildman–Crippen MR) is 70.8 cm³/mol. The summed E-state index contributed by atoms with van der Waals surface area (Å²) in [5.74, 6) is -1.23. The molecule has 0 saturated heterocycles. The van der Waals surface area contributed by atoms with E-state index in [1.807, 2.05) is 0 Å². The van der Waals surface area contributed by atoms with Crippen LogP contribution in [0, 0.1) is 6.92 Å². The van der Waals surface area contributed by atoms with Crippen LogP contribution in [0.25, 0.3) is 0 Å². The third-order valence-corrected chi connectivity index (χ3v) is 3.68. The van der Waals surface area contributed by atoms with Crippen LogP contribution in [0.3, 0.4) is 0 Å². The number of hydrogen-bond acceptors (Lipinski definition) is 6. The number of benzene rings is 1. The fourth-order valence-electron chi connectivity index (χ4n) is 1.87. The van der Waals surface area contributed by atoms with E-state index in [0.29, 0.717) is 21.8 Å². The van der Waals surface area contributed by atoms with Gasteiger partial charge < -0.3 is 5.32 Å². The smallest absolute Gasteiger partial charge is 0.269 e. The van der Waals surface area contributed by atoms with Crippen molar-refractivity contribution in [3.05, 3.63) is 39.9 Å². The molecule has 0 aliphatic carbocycles. The van der Waals surface area contributed by atoms with Gasteiger partial charge in [0.2, 0.25) is 0 Å². The summed E-state index contributed by atoms with van der Waals surface area (Å²) in [5.41, 5.74) is 1.54. The highest BCUT2D eigenvalue weighted by Crippen LogP contribution is 2.21. The number of aryl methyl sites for hydroxylation is 1. The quantitative estimate of drug-likeness (QED) is 0.802. The number of imide groups is 1. The maximum Gasteiger partial charge on any atom is 0.269 e. The average Bonchev–Trinajstić information content (AvgIpc) is 2.95. The molecule has 3 amide bonds. The van der Waals surface area contributed by atoms with Gasteiger partial charge in [0.25, 0.3) is 17.7 Å². The molecule has 2 N–H and O–H groups in total. The minimum Gasteiger partial charge on any atom is -0.321 e. The molecule has 7 nitrogen and oxygen atoms in total. The van der Waals surface area contributed by atoms with E-state index in [1.165, 1.54) is 12.1 Å². The number of rotatable bonds is 2. The van der Waals surface area contributed by atoms with Crippen LogP contribution in [0.1, 0.15) is 36.1 Å². The van der Waals surface area contributed by atoms with Crippen molar-refractivity contribution in [2.45, 2.75) is 6.92 Å². The third-order valence-electron chi connectivity index (χ3n) is 2.85. The second-order valence-electron chi connectivity index (χ2n) is 4.19. The first-order valence-corrected chi connectivity index (χ1v) is 6.43. The van der Waals surface area contributed by atoms with E-state index in [9.17, 15) is 14.4 Å². The Morgan fingerprint density at radius 2 is 2.00 bits per heavy atom. The topological polar surface area (TPSA) is 101 Å². The van der Waals surface area contributed by atoms with Gasteiger partial charge in [-0.2, -0.15) is 0 Å². The standard InChI is InChI=1S/C12H8N4O3S/c1-5-9(20-16-15-5)12(19)13-6-2-3-7-8(4-6)11(18)14-10(7)17/h2-4H,1H3,(H,13,19)(H,14,17,18). The highest BCUT2D eigenvalue weighted by Gasteiger charge is 2.27. The molecule has 100 valence electrons. The van der Waals surface area contributed by atoms with Crippen LogP contribution >= 0.6 is 11.5 Å². The Morgan fingerprint density at radius 1 is 1.25 bits per heavy atom. The zero-order valence-electron chi connectivity index (χ0n) is 10.3. The summed E-state index contributed by atoms with van der Waals surface area (Å²) in [6.07, 6.45) is 0. The second kappa shape index (κ2) is 4.49. The maximum atomic E-state index is 12.0. The molecule has 0 unspecified atom stereocenters. The van der Waals surface area contributed by atoms with Crippen molar-refractivity contribution >= 4 is 34.9 Å². The molecule has 1 aliphatic rings. The van der Waals surface area contributed by atoms with Gasteiger partial charge in [0, 0.05) is 5.69 Å². The van der Waals surface area contributed by atoms with E-state index >= 15 is 0 Å². The monoisotopic (exact) mass is 288 g/mol. The van der Waals surface area contributed by atoms with E-state index in [-0.39, 0.29) is 11.5 Å². The molecule has 2 aromatic rings. The lowest BCUT2D eigenvalue weighted by Gasteiger charge is -2.04. The number of amides is 3. The molecule has 0 saturated carbocycles. The summed E-state index contributed by atoms with van der Waals surface area (Å²) >= 11 is 0.997. The van der Waals surface area contributed by atoms with E-state index in [2.05, 4.69) is 20.2 Å². The molecule has 1 aromatic carbocycles. The van der Waals surface area contributed by atoms with E-state index in [0.717, 1.165) is 11.5 Å². The summed E-state index contributed by atoms with van der Waals surface area (Å²) in [4.78, 5) is 35.3. The fraction of sp³-hybridized carbons (Fsp3) is 0.0833. The molecule has 20 heavy (non-hydrogen) atoms. The lowest BCUT2D eigenvalue weighted by molar-refractivity contribution is 0.0878. The van der Waals surface area contributed by atoms with Crippen molar-refractivity contribution in [1.82, 2.24) is 14.9 Å². The lowest BCUT2D eigenvalue weighted by atomic mass is 10.1. The Balaban J connectivity index is 1.88. The Bertz CT molecular complexity index is 753. The Hall–Kier alpha value is -2.61. The van der Waals surface area contributed by atoms with E-state index in [4.69, 9.17) is 0 Å². The maximum absolute atomic E-state index is 12.0. The van der Waals surface area contributed by atoms with Crippen LogP contribution in [-0.4, -0.2) is 27.3 Å². The molecule has 8 heteroatoms. The van der Waals surface area contributed by atoms with Gasteiger partial charge >= 0.3 is 0 Å². The first-order valence-electron chi connectivity index (χ1n) is 5.66. The number of carbonyl (C=O) groups excluding carboxylic acids is 3. The van der Waals surface area contributed by atoms with Crippen molar-refractivity contribution in [3.8, 4) is 0 Å². The van der Waals surface area contributed by atoms with Crippen LogP contribution < -0.4 is 10.6 Å². The van der Waals surface area contributed by atoms with Crippen molar-refractivity contribution in [1.29, 1.82) is 0 Å². The van der Waals surface area contributed by atoms with Gasteiger partial charge in [0.05, 0.1) is 16.8 Å². The van der Waals surface area contributed by atoms with Gasteiger partial charge in [0.15, 0.2) is 0 Å². The zero-order valence-corrected chi connectivity index (χ0v) is 11.1. The summed E-state index contributed by atoms with van der Waals surface area (Å²) in [6.45, 7) is 1.69. The van der Waals surface area contributed by atoms with Gasteiger partial charge in [-0.05, 0) is 36.7 Å². The number of nitrogens with one attached hydrogen (secondary N) is 2. The molecule has 1 aliphatic heterocycles. The number of fused-ring (bicyclic) bond motifs is 1. The minimum absolute atomic E-state index is 0.256. The highest BCUT2D eigenvalue weighted by atomic mass is 32.1. The molecule has 2 heterocycles. The van der Waals surface area contributed by atoms with Crippen LogP contribution in [0.5, 0.6) is 0 Å². The number of carbonyl (C=O) groups is 3. The van der Waals surface area contributed by atoms with Crippen molar-refractivity contribution in [3.63, 3.8) is 0 Å². The largest absolute Gasteiger partial charge is 0.321 e. The summed E-state index contributed by atoms with van der Waals surface area (Å²) in [6, 6.07) is 4.54. The Morgan fingerprint density at radius 3 is 2.70 bits per heavy atom. The van der Waals surface area contributed by atoms with Gasteiger partial charge in [-0.25, -0.2) is 0 Å². The highest BCUT2D eigenvalue weighted by molar-refractivity contribution is 7.08. The molecule has 0 bridgehead atoms. The van der Waals surface area contributed by atoms with E-state index < -0.39 is 11.8 Å². The van der Waals surface area contributed by atoms with E-state index in [1.54, 1.807) is 13.0 Å². The number of nitrogens with zero attached hydrogens (tertiary/aromatic N) is 2. The SMILES string of the molecule is Cc1nnsc1C(=O)Nc1ccc2c(c1)C(=O)NC2=O. The summed E-state index contributed by atoms with van der Waals surface area (Å²) in [5, 5.41) is 8.60. The first-order chi connectivity index (χ1) is 9.56. The van der Waals surface area contributed by atoms with Gasteiger partial charge in [-0.15, -0.1) is 5.10 Å². The van der Waals surface area contributed by atoms with Crippen LogP contribution in [0.2, 0.25) is 0 Å². The van der Waals surface area contributed by atoms with Gasteiger partial charge in [-0.3, -0.25) is 19.7 Å². The summed E-state index contributed by atoms with van der Waals surface area (Å²) < 4.78 is 3.69. The number of hydrogen-bond donors (Lipinski definition) is 2. The zero-order chi connectivity index (χ0) is 14.3. The molecule has 0 fully saturated rings. The third kappa shape index (κ3) is 1.95. The molecule has 0 spiro atoms. The molecule has 0 atom stereocenters. The number of anilines is 1. The molecular weight excluding hydrogens is 280 g/mol.